The number of amides is 3. The normalized spacial score (nSPS) is 14.8. The van der Waals surface area contributed by atoms with Gasteiger partial charge in [-0.1, -0.05) is 30.3 Å². The van der Waals surface area contributed by atoms with Gasteiger partial charge in [0, 0.05) is 31.4 Å². The predicted octanol–water partition coefficient (Wildman–Crippen LogP) is 2.60. The van der Waals surface area contributed by atoms with Crippen molar-refractivity contribution >= 4 is 17.6 Å². The van der Waals surface area contributed by atoms with E-state index in [1.165, 1.54) is 0 Å². The van der Waals surface area contributed by atoms with E-state index in [1.807, 2.05) is 54.6 Å². The first-order valence-electron chi connectivity index (χ1n) is 9.87. The van der Waals surface area contributed by atoms with Crippen LogP contribution in [0.4, 0.5) is 10.5 Å². The summed E-state index contributed by atoms with van der Waals surface area (Å²) in [6.45, 7) is 2.37. The van der Waals surface area contributed by atoms with E-state index in [0.717, 1.165) is 42.9 Å². The van der Waals surface area contributed by atoms with Gasteiger partial charge in [-0.25, -0.2) is 4.79 Å². The van der Waals surface area contributed by atoms with E-state index in [2.05, 4.69) is 20.9 Å². The van der Waals surface area contributed by atoms with Crippen molar-refractivity contribution in [2.75, 3.05) is 32.1 Å². The number of nitrogens with zero attached hydrogens (tertiary/aromatic N) is 1. The second-order valence-electron chi connectivity index (χ2n) is 7.14. The molecular weight excluding hydrogens is 368 g/mol. The van der Waals surface area contributed by atoms with E-state index in [4.69, 9.17) is 4.74 Å². The molecule has 29 heavy (non-hydrogen) atoms. The number of nitrogens with one attached hydrogen (secondary N) is 3. The maximum absolute atomic E-state index is 12.2. The number of rotatable bonds is 7. The summed E-state index contributed by atoms with van der Waals surface area (Å²) >= 11 is 0. The average Bonchev–Trinajstić information content (AvgIpc) is 2.74. The number of piperidine rings is 1. The highest BCUT2D eigenvalue weighted by atomic mass is 16.5. The van der Waals surface area contributed by atoms with Crippen molar-refractivity contribution in [1.82, 2.24) is 15.5 Å². The van der Waals surface area contributed by atoms with E-state index in [-0.39, 0.29) is 18.0 Å². The predicted molar refractivity (Wildman–Crippen MR) is 113 cm³/mol. The smallest absolute Gasteiger partial charge is 0.315 e. The van der Waals surface area contributed by atoms with Crippen LogP contribution in [0.25, 0.3) is 0 Å². The second-order valence-corrected chi connectivity index (χ2v) is 7.14. The molecule has 154 valence electrons. The summed E-state index contributed by atoms with van der Waals surface area (Å²) in [5, 5.41) is 8.81. The van der Waals surface area contributed by atoms with Crippen LogP contribution in [0.3, 0.4) is 0 Å². The van der Waals surface area contributed by atoms with Gasteiger partial charge in [0.05, 0.1) is 13.7 Å². The van der Waals surface area contributed by atoms with Gasteiger partial charge in [-0.15, -0.1) is 0 Å². The lowest BCUT2D eigenvalue weighted by Gasteiger charge is -2.31. The molecule has 7 heteroatoms. The standard InChI is InChI=1S/C22H28N4O3/c1-29-20-9-5-6-17(14-20)15-23-22(28)25-19-10-12-26(13-11-19)16-21(27)24-18-7-3-2-4-8-18/h2-9,14,19H,10-13,15-16H2,1H3,(H,24,27)(H2,23,25,28). The van der Waals surface area contributed by atoms with Crippen LogP contribution < -0.4 is 20.7 Å². The van der Waals surface area contributed by atoms with Crippen molar-refractivity contribution in [1.29, 1.82) is 0 Å². The van der Waals surface area contributed by atoms with E-state index in [0.29, 0.717) is 13.1 Å². The third kappa shape index (κ3) is 6.80. The highest BCUT2D eigenvalue weighted by molar-refractivity contribution is 5.92. The summed E-state index contributed by atoms with van der Waals surface area (Å²) in [4.78, 5) is 26.5. The molecule has 3 rings (SSSR count). The Kier molecular flexibility index (Phi) is 7.47. The Morgan fingerprint density at radius 2 is 1.83 bits per heavy atom. The van der Waals surface area contributed by atoms with Crippen LogP contribution >= 0.6 is 0 Å². The number of likely N-dealkylation sites (tertiary alicyclic amines) is 1. The van der Waals surface area contributed by atoms with Gasteiger partial charge in [0.2, 0.25) is 5.91 Å². The molecule has 0 bridgehead atoms. The van der Waals surface area contributed by atoms with E-state index in [9.17, 15) is 9.59 Å². The summed E-state index contributed by atoms with van der Waals surface area (Å²) in [5.41, 5.74) is 1.79. The lowest BCUT2D eigenvalue weighted by molar-refractivity contribution is -0.117. The number of anilines is 1. The number of carbonyl (C=O) groups excluding carboxylic acids is 2. The number of hydrogen-bond acceptors (Lipinski definition) is 4. The molecule has 1 aliphatic rings. The van der Waals surface area contributed by atoms with Crippen LogP contribution in [0, 0.1) is 0 Å². The van der Waals surface area contributed by atoms with Crippen molar-refractivity contribution in [3.63, 3.8) is 0 Å². The molecular formula is C22H28N4O3. The van der Waals surface area contributed by atoms with Crippen LogP contribution in [0.2, 0.25) is 0 Å². The summed E-state index contributed by atoms with van der Waals surface area (Å²) in [5.74, 6) is 0.757. The molecule has 0 unspecified atom stereocenters. The molecule has 7 nitrogen and oxygen atoms in total. The van der Waals surface area contributed by atoms with E-state index >= 15 is 0 Å². The van der Waals surface area contributed by atoms with Gasteiger partial charge >= 0.3 is 6.03 Å². The minimum Gasteiger partial charge on any atom is -0.497 e. The minimum absolute atomic E-state index is 0.0151. The molecule has 1 heterocycles. The zero-order chi connectivity index (χ0) is 20.5. The minimum atomic E-state index is -0.173. The zero-order valence-electron chi connectivity index (χ0n) is 16.7. The molecule has 1 saturated heterocycles. The first-order chi connectivity index (χ1) is 14.1. The number of ether oxygens (including phenoxy) is 1. The number of hydrogen-bond donors (Lipinski definition) is 3. The van der Waals surface area contributed by atoms with Crippen molar-refractivity contribution in [2.45, 2.75) is 25.4 Å². The van der Waals surface area contributed by atoms with Gasteiger partial charge in [-0.2, -0.15) is 0 Å². The van der Waals surface area contributed by atoms with E-state index in [1.54, 1.807) is 7.11 Å². The SMILES string of the molecule is COc1cccc(CNC(=O)NC2CCN(CC(=O)Nc3ccccc3)CC2)c1. The molecule has 0 saturated carbocycles. The fourth-order valence-electron chi connectivity index (χ4n) is 3.36. The number of carbonyl (C=O) groups is 2. The lowest BCUT2D eigenvalue weighted by atomic mass is 10.1. The largest absolute Gasteiger partial charge is 0.497 e. The molecule has 0 aliphatic carbocycles. The fourth-order valence-corrected chi connectivity index (χ4v) is 3.36. The Labute approximate surface area is 171 Å². The summed E-state index contributed by atoms with van der Waals surface area (Å²) in [6.07, 6.45) is 1.65. The van der Waals surface area contributed by atoms with Crippen LogP contribution in [0.1, 0.15) is 18.4 Å². The van der Waals surface area contributed by atoms with Crippen LogP contribution in [0.5, 0.6) is 5.75 Å². The molecule has 0 atom stereocenters. The molecule has 3 amide bonds. The van der Waals surface area contributed by atoms with Gasteiger partial charge in [-0.05, 0) is 42.7 Å². The first-order valence-corrected chi connectivity index (χ1v) is 9.87. The lowest BCUT2D eigenvalue weighted by Crippen LogP contribution is -2.48. The maximum atomic E-state index is 12.2. The Morgan fingerprint density at radius 1 is 1.07 bits per heavy atom. The second kappa shape index (κ2) is 10.5. The maximum Gasteiger partial charge on any atom is 0.315 e. The summed E-state index contributed by atoms with van der Waals surface area (Å²) < 4.78 is 5.19. The molecule has 0 radical (unpaired) electrons. The highest BCUT2D eigenvalue weighted by Gasteiger charge is 2.22. The molecule has 3 N–H and O–H groups in total. The molecule has 0 aromatic heterocycles. The van der Waals surface area contributed by atoms with Crippen molar-refractivity contribution < 1.29 is 14.3 Å². The Bertz CT molecular complexity index is 805. The van der Waals surface area contributed by atoms with Crippen LogP contribution in [0.15, 0.2) is 54.6 Å². The van der Waals surface area contributed by atoms with Gasteiger partial charge in [0.1, 0.15) is 5.75 Å². The Morgan fingerprint density at radius 3 is 2.55 bits per heavy atom. The van der Waals surface area contributed by atoms with Crippen molar-refractivity contribution in [3.8, 4) is 5.75 Å². The number of methoxy groups -OCH3 is 1. The van der Waals surface area contributed by atoms with Crippen LogP contribution in [-0.4, -0.2) is 49.6 Å². The van der Waals surface area contributed by atoms with Gasteiger partial charge in [0.15, 0.2) is 0 Å². The van der Waals surface area contributed by atoms with Crippen molar-refractivity contribution in [3.05, 3.63) is 60.2 Å². The molecule has 2 aromatic rings. The number of benzene rings is 2. The van der Waals surface area contributed by atoms with Crippen LogP contribution in [-0.2, 0) is 11.3 Å². The Balaban J connectivity index is 1.34. The average molecular weight is 396 g/mol. The monoisotopic (exact) mass is 396 g/mol. The van der Waals surface area contributed by atoms with Gasteiger partial charge in [-0.3, -0.25) is 9.69 Å². The first kappa shape index (κ1) is 20.7. The van der Waals surface area contributed by atoms with Crippen molar-refractivity contribution in [2.24, 2.45) is 0 Å². The third-order valence-corrected chi connectivity index (χ3v) is 4.93. The topological polar surface area (TPSA) is 82.7 Å². The quantitative estimate of drug-likeness (QED) is 0.672. The summed E-state index contributed by atoms with van der Waals surface area (Å²) in [7, 11) is 1.62. The molecule has 2 aromatic carbocycles. The fraction of sp³-hybridized carbons (Fsp3) is 0.364. The summed E-state index contributed by atoms with van der Waals surface area (Å²) in [6, 6.07) is 17.0. The number of para-hydroxylation sites is 1. The van der Waals surface area contributed by atoms with Gasteiger partial charge in [0.25, 0.3) is 0 Å². The third-order valence-electron chi connectivity index (χ3n) is 4.93. The molecule has 1 fully saturated rings. The van der Waals surface area contributed by atoms with E-state index < -0.39 is 0 Å². The highest BCUT2D eigenvalue weighted by Crippen LogP contribution is 2.13. The van der Waals surface area contributed by atoms with Gasteiger partial charge < -0.3 is 20.7 Å². The Hall–Kier alpha value is -3.06. The number of urea groups is 1. The molecule has 0 spiro atoms. The zero-order valence-corrected chi connectivity index (χ0v) is 16.7. The molecule has 1 aliphatic heterocycles.